The van der Waals surface area contributed by atoms with Gasteiger partial charge in [-0.15, -0.1) is 0 Å². The molecule has 1 N–H and O–H groups in total. The van der Waals surface area contributed by atoms with Crippen LogP contribution in [0.2, 0.25) is 10.0 Å². The van der Waals surface area contributed by atoms with E-state index in [0.29, 0.717) is 15.9 Å². The van der Waals surface area contributed by atoms with Crippen LogP contribution < -0.4 is 5.48 Å². The maximum atomic E-state index is 5.99. The van der Waals surface area contributed by atoms with Crippen molar-refractivity contribution >= 4 is 29.0 Å². The Labute approximate surface area is 109 Å². The largest absolute Gasteiger partial charge is 0.270 e. The Morgan fingerprint density at radius 3 is 2.59 bits per heavy atom. The van der Waals surface area contributed by atoms with E-state index >= 15 is 0 Å². The molecule has 0 bridgehead atoms. The van der Waals surface area contributed by atoms with Gasteiger partial charge in [0.25, 0.3) is 0 Å². The zero-order valence-electron chi connectivity index (χ0n) is 8.73. The molecule has 17 heavy (non-hydrogen) atoms. The smallest absolute Gasteiger partial charge is 0.168 e. The van der Waals surface area contributed by atoms with Crippen LogP contribution in [-0.2, 0) is 11.4 Å². The standard InChI is InChI=1S/C11H9Cl2N3O/c12-9-2-1-3-10(13)8(9)7-17-16-11-6-14-4-5-15-11/h1-6H,7H2,(H,15,16). The third-order valence-corrected chi connectivity index (χ3v) is 2.73. The minimum atomic E-state index is 0.245. The number of hydrogen-bond donors (Lipinski definition) is 1. The molecular weight excluding hydrogens is 261 g/mol. The Morgan fingerprint density at radius 1 is 1.18 bits per heavy atom. The Kier molecular flexibility index (Phi) is 4.14. The van der Waals surface area contributed by atoms with E-state index in [1.165, 1.54) is 0 Å². The fourth-order valence-electron chi connectivity index (χ4n) is 1.20. The summed E-state index contributed by atoms with van der Waals surface area (Å²) in [6.45, 7) is 0.245. The molecule has 0 aliphatic rings. The molecule has 88 valence electrons. The van der Waals surface area contributed by atoms with Crippen molar-refractivity contribution in [2.24, 2.45) is 0 Å². The van der Waals surface area contributed by atoms with Gasteiger partial charge < -0.3 is 0 Å². The maximum absolute atomic E-state index is 5.99. The molecule has 0 fully saturated rings. The monoisotopic (exact) mass is 269 g/mol. The second kappa shape index (κ2) is 5.82. The third-order valence-electron chi connectivity index (χ3n) is 2.02. The molecule has 6 heteroatoms. The fourth-order valence-corrected chi connectivity index (χ4v) is 1.71. The fraction of sp³-hybridized carbons (Fsp3) is 0.0909. The molecule has 0 unspecified atom stereocenters. The lowest BCUT2D eigenvalue weighted by atomic mass is 10.2. The molecule has 0 spiro atoms. The molecule has 0 atom stereocenters. The minimum absolute atomic E-state index is 0.245. The highest BCUT2D eigenvalue weighted by atomic mass is 35.5. The second-order valence-corrected chi connectivity index (χ2v) is 4.00. The maximum Gasteiger partial charge on any atom is 0.168 e. The van der Waals surface area contributed by atoms with E-state index in [-0.39, 0.29) is 6.61 Å². The summed E-state index contributed by atoms with van der Waals surface area (Å²) in [5.74, 6) is 0.524. The van der Waals surface area contributed by atoms with Crippen molar-refractivity contribution in [2.45, 2.75) is 6.61 Å². The predicted molar refractivity (Wildman–Crippen MR) is 66.9 cm³/mol. The molecule has 1 heterocycles. The van der Waals surface area contributed by atoms with Crippen molar-refractivity contribution in [2.75, 3.05) is 5.48 Å². The summed E-state index contributed by atoms with van der Waals surface area (Å²) in [5.41, 5.74) is 3.39. The first-order valence-electron chi connectivity index (χ1n) is 4.84. The highest BCUT2D eigenvalue weighted by molar-refractivity contribution is 6.35. The SMILES string of the molecule is Clc1cccc(Cl)c1CONc1cnccn1. The lowest BCUT2D eigenvalue weighted by Crippen LogP contribution is -2.04. The second-order valence-electron chi connectivity index (χ2n) is 3.18. The summed E-state index contributed by atoms with van der Waals surface area (Å²) < 4.78 is 0. The molecule has 1 aromatic heterocycles. The first kappa shape index (κ1) is 12.1. The van der Waals surface area contributed by atoms with Crippen LogP contribution in [0.3, 0.4) is 0 Å². The lowest BCUT2D eigenvalue weighted by molar-refractivity contribution is 0.179. The van der Waals surface area contributed by atoms with Gasteiger partial charge in [0.1, 0.15) is 6.61 Å². The van der Waals surface area contributed by atoms with Gasteiger partial charge >= 0.3 is 0 Å². The summed E-state index contributed by atoms with van der Waals surface area (Å²) in [6.07, 6.45) is 4.69. The van der Waals surface area contributed by atoms with Crippen molar-refractivity contribution in [1.29, 1.82) is 0 Å². The number of aromatic nitrogens is 2. The van der Waals surface area contributed by atoms with E-state index in [4.69, 9.17) is 28.0 Å². The van der Waals surface area contributed by atoms with Crippen LogP contribution in [0.4, 0.5) is 5.82 Å². The van der Waals surface area contributed by atoms with Gasteiger partial charge in [0.2, 0.25) is 0 Å². The van der Waals surface area contributed by atoms with Crippen LogP contribution in [0.5, 0.6) is 0 Å². The van der Waals surface area contributed by atoms with E-state index < -0.39 is 0 Å². The Hall–Kier alpha value is -1.36. The van der Waals surface area contributed by atoms with Gasteiger partial charge in [0.05, 0.1) is 6.20 Å². The quantitative estimate of drug-likeness (QED) is 0.865. The average Bonchev–Trinajstić information content (AvgIpc) is 2.34. The van der Waals surface area contributed by atoms with Crippen LogP contribution in [0.15, 0.2) is 36.8 Å². The molecule has 0 radical (unpaired) electrons. The van der Waals surface area contributed by atoms with Crippen molar-refractivity contribution in [3.05, 3.63) is 52.4 Å². The highest BCUT2D eigenvalue weighted by Crippen LogP contribution is 2.24. The van der Waals surface area contributed by atoms with Crippen LogP contribution >= 0.6 is 23.2 Å². The molecule has 0 amide bonds. The number of benzene rings is 1. The van der Waals surface area contributed by atoms with Gasteiger partial charge in [0, 0.05) is 28.0 Å². The molecule has 0 saturated carbocycles. The van der Waals surface area contributed by atoms with Gasteiger partial charge in [-0.3, -0.25) is 9.82 Å². The number of anilines is 1. The van der Waals surface area contributed by atoms with Gasteiger partial charge in [-0.2, -0.15) is 0 Å². The van der Waals surface area contributed by atoms with E-state index in [1.54, 1.807) is 36.8 Å². The van der Waals surface area contributed by atoms with Crippen LogP contribution in [0.25, 0.3) is 0 Å². The summed E-state index contributed by atoms with van der Waals surface area (Å²) in [7, 11) is 0. The number of rotatable bonds is 4. The molecule has 2 rings (SSSR count). The van der Waals surface area contributed by atoms with Gasteiger partial charge in [-0.05, 0) is 12.1 Å². The van der Waals surface area contributed by atoms with Crippen LogP contribution in [-0.4, -0.2) is 9.97 Å². The third kappa shape index (κ3) is 3.30. The van der Waals surface area contributed by atoms with E-state index in [1.807, 2.05) is 0 Å². The zero-order chi connectivity index (χ0) is 12.1. The first-order valence-corrected chi connectivity index (χ1v) is 5.59. The van der Waals surface area contributed by atoms with Gasteiger partial charge in [-0.25, -0.2) is 10.5 Å². The summed E-state index contributed by atoms with van der Waals surface area (Å²) in [5, 5.41) is 1.14. The molecule has 1 aromatic carbocycles. The Bertz CT molecular complexity index is 473. The van der Waals surface area contributed by atoms with Crippen LogP contribution in [0.1, 0.15) is 5.56 Å². The summed E-state index contributed by atoms with van der Waals surface area (Å²) in [4.78, 5) is 13.1. The van der Waals surface area contributed by atoms with E-state index in [0.717, 1.165) is 5.56 Å². The van der Waals surface area contributed by atoms with E-state index in [2.05, 4.69) is 15.4 Å². The topological polar surface area (TPSA) is 47.0 Å². The zero-order valence-corrected chi connectivity index (χ0v) is 10.2. The van der Waals surface area contributed by atoms with E-state index in [9.17, 15) is 0 Å². The first-order chi connectivity index (χ1) is 8.27. The molecule has 2 aromatic rings. The normalized spacial score (nSPS) is 10.2. The minimum Gasteiger partial charge on any atom is -0.270 e. The average molecular weight is 270 g/mol. The molecule has 0 aliphatic heterocycles. The Morgan fingerprint density at radius 2 is 1.94 bits per heavy atom. The van der Waals surface area contributed by atoms with Crippen molar-refractivity contribution in [3.8, 4) is 0 Å². The molecule has 0 aliphatic carbocycles. The van der Waals surface area contributed by atoms with Gasteiger partial charge in [-0.1, -0.05) is 29.3 Å². The predicted octanol–water partition coefficient (Wildman–Crippen LogP) is 3.33. The van der Waals surface area contributed by atoms with Crippen molar-refractivity contribution < 1.29 is 4.84 Å². The van der Waals surface area contributed by atoms with Crippen molar-refractivity contribution in [1.82, 2.24) is 9.97 Å². The van der Waals surface area contributed by atoms with Crippen molar-refractivity contribution in [3.63, 3.8) is 0 Å². The Balaban J connectivity index is 1.95. The molecular formula is C11H9Cl2N3O. The summed E-state index contributed by atoms with van der Waals surface area (Å²) >= 11 is 12.0. The van der Waals surface area contributed by atoms with Gasteiger partial charge in [0.15, 0.2) is 5.82 Å². The number of nitrogens with one attached hydrogen (secondary N) is 1. The highest BCUT2D eigenvalue weighted by Gasteiger charge is 2.05. The number of hydrogen-bond acceptors (Lipinski definition) is 4. The number of halogens is 2. The van der Waals surface area contributed by atoms with Crippen LogP contribution in [0, 0.1) is 0 Å². The summed E-state index contributed by atoms with van der Waals surface area (Å²) in [6, 6.07) is 5.30. The molecule has 4 nitrogen and oxygen atoms in total. The number of nitrogens with zero attached hydrogens (tertiary/aromatic N) is 2. The lowest BCUT2D eigenvalue weighted by Gasteiger charge is -2.08. The molecule has 0 saturated heterocycles.